The van der Waals surface area contributed by atoms with Crippen LogP contribution < -0.4 is 0 Å². The van der Waals surface area contributed by atoms with E-state index in [1.165, 1.54) is 0 Å². The highest BCUT2D eigenvalue weighted by Crippen LogP contribution is 2.21. The van der Waals surface area contributed by atoms with Gasteiger partial charge in [0.05, 0.1) is 13.2 Å². The monoisotopic (exact) mass is 290 g/mol. The highest BCUT2D eigenvalue weighted by atomic mass is 16.5. The summed E-state index contributed by atoms with van der Waals surface area (Å²) in [6, 6.07) is 0. The molecule has 0 spiro atoms. The number of rotatable bonds is 8. The summed E-state index contributed by atoms with van der Waals surface area (Å²) >= 11 is 0. The number of esters is 1. The van der Waals surface area contributed by atoms with Gasteiger partial charge in [0.1, 0.15) is 5.76 Å². The lowest BCUT2D eigenvalue weighted by molar-refractivity contribution is -0.143. The van der Waals surface area contributed by atoms with Crippen LogP contribution in [-0.4, -0.2) is 25.0 Å². The van der Waals surface area contributed by atoms with Crippen molar-refractivity contribution in [3.05, 3.63) is 47.8 Å². The molecule has 0 bridgehead atoms. The Kier molecular flexibility index (Phi) is 7.87. The Bertz CT molecular complexity index is 481. The van der Waals surface area contributed by atoms with E-state index >= 15 is 0 Å². The lowest BCUT2D eigenvalue weighted by Crippen LogP contribution is -2.02. The molecule has 21 heavy (non-hydrogen) atoms. The van der Waals surface area contributed by atoms with E-state index in [0.29, 0.717) is 32.5 Å². The first-order valence-electron chi connectivity index (χ1n) is 7.23. The number of allylic oxidation sites excluding steroid dienone is 7. The van der Waals surface area contributed by atoms with Crippen molar-refractivity contribution in [1.82, 2.24) is 0 Å². The second kappa shape index (κ2) is 9.75. The zero-order valence-electron chi connectivity index (χ0n) is 12.6. The minimum absolute atomic E-state index is 0.00870. The molecule has 0 saturated carbocycles. The predicted molar refractivity (Wildman–Crippen MR) is 81.6 cm³/mol. The maximum absolute atomic E-state index is 11.6. The average Bonchev–Trinajstić information content (AvgIpc) is 2.79. The van der Waals surface area contributed by atoms with Crippen LogP contribution in [0.25, 0.3) is 0 Å². The normalized spacial score (nSPS) is 17.0. The molecule has 0 heterocycles. The van der Waals surface area contributed by atoms with Gasteiger partial charge in [-0.1, -0.05) is 30.4 Å². The highest BCUT2D eigenvalue weighted by molar-refractivity contribution is 6.07. The molecule has 4 nitrogen and oxygen atoms in total. The Labute approximate surface area is 125 Å². The van der Waals surface area contributed by atoms with Crippen molar-refractivity contribution in [2.24, 2.45) is 0 Å². The lowest BCUT2D eigenvalue weighted by atomic mass is 10.2. The molecule has 0 saturated heterocycles. The summed E-state index contributed by atoms with van der Waals surface area (Å²) in [6.07, 6.45) is 12.3. The van der Waals surface area contributed by atoms with Crippen LogP contribution in [-0.2, 0) is 19.1 Å². The van der Waals surface area contributed by atoms with Crippen molar-refractivity contribution in [1.29, 1.82) is 0 Å². The molecule has 0 atom stereocenters. The molecule has 1 aliphatic rings. The van der Waals surface area contributed by atoms with Crippen LogP contribution in [0.5, 0.6) is 0 Å². The van der Waals surface area contributed by atoms with E-state index in [4.69, 9.17) is 9.47 Å². The van der Waals surface area contributed by atoms with E-state index in [-0.39, 0.29) is 11.8 Å². The maximum Gasteiger partial charge on any atom is 0.306 e. The van der Waals surface area contributed by atoms with Crippen molar-refractivity contribution in [2.75, 3.05) is 13.2 Å². The summed E-state index contributed by atoms with van der Waals surface area (Å²) in [5.41, 5.74) is 0.731. The van der Waals surface area contributed by atoms with Crippen LogP contribution in [0.3, 0.4) is 0 Å². The highest BCUT2D eigenvalue weighted by Gasteiger charge is 2.18. The standard InChI is InChI=1S/C17H22O4/c1-3-20-15-12-14(16(18)13-15)10-8-6-5-7-9-11-17(19)21-4-2/h5-8,10,13H,3-4,9,11-12H2,1-2H3. The van der Waals surface area contributed by atoms with Gasteiger partial charge in [0.2, 0.25) is 0 Å². The molecule has 1 rings (SSSR count). The van der Waals surface area contributed by atoms with Crippen LogP contribution in [0.15, 0.2) is 47.8 Å². The quantitative estimate of drug-likeness (QED) is 0.391. The molecular weight excluding hydrogens is 268 g/mol. The van der Waals surface area contributed by atoms with E-state index in [2.05, 4.69) is 0 Å². The summed E-state index contributed by atoms with van der Waals surface area (Å²) in [7, 11) is 0. The van der Waals surface area contributed by atoms with Crippen molar-refractivity contribution >= 4 is 11.8 Å². The molecule has 0 fully saturated rings. The minimum atomic E-state index is -0.181. The Morgan fingerprint density at radius 1 is 1.24 bits per heavy atom. The third-order valence-electron chi connectivity index (χ3n) is 2.78. The van der Waals surface area contributed by atoms with Crippen molar-refractivity contribution in [2.45, 2.75) is 33.1 Å². The van der Waals surface area contributed by atoms with Gasteiger partial charge in [-0.3, -0.25) is 9.59 Å². The molecular formula is C17H22O4. The topological polar surface area (TPSA) is 52.6 Å². The fraction of sp³-hybridized carbons (Fsp3) is 0.412. The van der Waals surface area contributed by atoms with E-state index in [1.807, 2.05) is 31.2 Å². The van der Waals surface area contributed by atoms with Gasteiger partial charge >= 0.3 is 5.97 Å². The number of hydrogen-bond donors (Lipinski definition) is 0. The van der Waals surface area contributed by atoms with Gasteiger partial charge in [-0.05, 0) is 20.3 Å². The SMILES string of the molecule is CCOC(=O)CCC=CC=CC=C1CC(OCC)=CC1=O. The van der Waals surface area contributed by atoms with E-state index < -0.39 is 0 Å². The minimum Gasteiger partial charge on any atom is -0.498 e. The Morgan fingerprint density at radius 3 is 2.76 bits per heavy atom. The Hall–Kier alpha value is -2.10. The first-order valence-corrected chi connectivity index (χ1v) is 7.23. The van der Waals surface area contributed by atoms with E-state index in [0.717, 1.165) is 11.3 Å². The molecule has 0 radical (unpaired) electrons. The summed E-state index contributed by atoms with van der Waals surface area (Å²) in [5, 5.41) is 0. The summed E-state index contributed by atoms with van der Waals surface area (Å²) in [6.45, 7) is 4.68. The fourth-order valence-electron chi connectivity index (χ4n) is 1.83. The molecule has 0 aromatic heterocycles. The van der Waals surface area contributed by atoms with Gasteiger partial charge < -0.3 is 9.47 Å². The first kappa shape index (κ1) is 17.0. The van der Waals surface area contributed by atoms with Gasteiger partial charge in [-0.25, -0.2) is 0 Å². The molecule has 0 aliphatic heterocycles. The van der Waals surface area contributed by atoms with E-state index in [1.54, 1.807) is 19.1 Å². The molecule has 0 amide bonds. The third-order valence-corrected chi connectivity index (χ3v) is 2.78. The van der Waals surface area contributed by atoms with Gasteiger partial charge in [0.15, 0.2) is 5.78 Å². The summed E-state index contributed by atoms with van der Waals surface area (Å²) in [4.78, 5) is 22.7. The second-order valence-corrected chi connectivity index (χ2v) is 4.43. The van der Waals surface area contributed by atoms with Crippen LogP contribution in [0.2, 0.25) is 0 Å². The van der Waals surface area contributed by atoms with Gasteiger partial charge in [-0.15, -0.1) is 0 Å². The van der Waals surface area contributed by atoms with Crippen LogP contribution >= 0.6 is 0 Å². The van der Waals surface area contributed by atoms with Gasteiger partial charge in [0, 0.05) is 24.5 Å². The first-order chi connectivity index (χ1) is 10.2. The second-order valence-electron chi connectivity index (χ2n) is 4.43. The van der Waals surface area contributed by atoms with Gasteiger partial charge in [-0.2, -0.15) is 0 Å². The molecule has 1 aliphatic carbocycles. The Balaban J connectivity index is 2.30. The molecule has 114 valence electrons. The lowest BCUT2D eigenvalue weighted by Gasteiger charge is -2.00. The largest absolute Gasteiger partial charge is 0.498 e. The molecule has 0 aromatic carbocycles. The van der Waals surface area contributed by atoms with Gasteiger partial charge in [0.25, 0.3) is 0 Å². The summed E-state index contributed by atoms with van der Waals surface area (Å²) in [5.74, 6) is 0.556. The zero-order chi connectivity index (χ0) is 15.5. The number of carbonyl (C=O) groups excluding carboxylic acids is 2. The average molecular weight is 290 g/mol. The third kappa shape index (κ3) is 6.75. The zero-order valence-corrected chi connectivity index (χ0v) is 12.6. The maximum atomic E-state index is 11.6. The molecule has 4 heteroatoms. The number of hydrogen-bond acceptors (Lipinski definition) is 4. The number of carbonyl (C=O) groups is 2. The van der Waals surface area contributed by atoms with Crippen LogP contribution in [0.1, 0.15) is 33.1 Å². The molecule has 0 unspecified atom stereocenters. The Morgan fingerprint density at radius 2 is 2.05 bits per heavy atom. The molecule has 0 aromatic rings. The van der Waals surface area contributed by atoms with Crippen molar-refractivity contribution < 1.29 is 19.1 Å². The predicted octanol–water partition coefficient (Wildman–Crippen LogP) is 3.26. The van der Waals surface area contributed by atoms with Crippen molar-refractivity contribution in [3.63, 3.8) is 0 Å². The number of ketones is 1. The fourth-order valence-corrected chi connectivity index (χ4v) is 1.83. The summed E-state index contributed by atoms with van der Waals surface area (Å²) < 4.78 is 10.1. The van der Waals surface area contributed by atoms with Crippen LogP contribution in [0.4, 0.5) is 0 Å². The number of ether oxygens (including phenoxy) is 2. The molecule has 0 N–H and O–H groups in total. The van der Waals surface area contributed by atoms with Crippen LogP contribution in [0, 0.1) is 0 Å². The van der Waals surface area contributed by atoms with Crippen molar-refractivity contribution in [3.8, 4) is 0 Å². The smallest absolute Gasteiger partial charge is 0.306 e. The van der Waals surface area contributed by atoms with E-state index in [9.17, 15) is 9.59 Å².